The Morgan fingerprint density at radius 1 is 0.977 bits per heavy atom. The lowest BCUT2D eigenvalue weighted by Crippen LogP contribution is -2.31. The van der Waals surface area contributed by atoms with Crippen molar-refractivity contribution in [3.63, 3.8) is 0 Å². The molecule has 2 aliphatic heterocycles. The first-order chi connectivity index (χ1) is 21.4. The molecular formula is C35H30F2N4O3. The van der Waals surface area contributed by atoms with Crippen LogP contribution in [0.2, 0.25) is 0 Å². The molecule has 0 saturated carbocycles. The average Bonchev–Trinajstić information content (AvgIpc) is 3.33. The fourth-order valence-electron chi connectivity index (χ4n) is 5.88. The highest BCUT2D eigenvalue weighted by atomic mass is 19.1. The monoisotopic (exact) mass is 592 g/mol. The van der Waals surface area contributed by atoms with Crippen molar-refractivity contribution in [1.29, 1.82) is 5.26 Å². The molecular weight excluding hydrogens is 562 g/mol. The maximum absolute atomic E-state index is 15.8. The van der Waals surface area contributed by atoms with Crippen LogP contribution in [0.1, 0.15) is 46.5 Å². The Balaban J connectivity index is 1.29. The minimum absolute atomic E-state index is 0.0214. The van der Waals surface area contributed by atoms with Crippen LogP contribution in [0, 0.1) is 29.9 Å². The standard InChI is InChI=1S/C35H30F2N4O3/c1-21-12-29(37)35-31(13-21)41(19-26-9-11-42-26)33(40-35)16-25-15-28(36)27-17-32(25)43-10-3-4-23-14-22(18-38)7-8-24(23)20-44-34-6-2-5-30(27)39-34/h2,5-8,12-15,17,26H,3-4,9-11,16,19-20H2,1H3. The Morgan fingerprint density at radius 3 is 2.68 bits per heavy atom. The zero-order chi connectivity index (χ0) is 30.2. The molecule has 0 spiro atoms. The minimum Gasteiger partial charge on any atom is -0.493 e. The van der Waals surface area contributed by atoms with Crippen molar-refractivity contribution in [2.45, 2.75) is 51.9 Å². The number of nitriles is 1. The molecule has 7 rings (SSSR count). The zero-order valence-corrected chi connectivity index (χ0v) is 24.3. The zero-order valence-electron chi connectivity index (χ0n) is 24.3. The lowest BCUT2D eigenvalue weighted by Gasteiger charge is -2.27. The van der Waals surface area contributed by atoms with Gasteiger partial charge in [0, 0.05) is 30.2 Å². The van der Waals surface area contributed by atoms with Gasteiger partial charge in [0.1, 0.15) is 29.5 Å². The van der Waals surface area contributed by atoms with Crippen molar-refractivity contribution < 1.29 is 23.0 Å². The number of hydrogen-bond donors (Lipinski definition) is 0. The summed E-state index contributed by atoms with van der Waals surface area (Å²) < 4.78 is 50.9. The summed E-state index contributed by atoms with van der Waals surface area (Å²) in [6, 6.07) is 19.5. The van der Waals surface area contributed by atoms with Crippen LogP contribution in [-0.2, 0) is 30.7 Å². The van der Waals surface area contributed by atoms with Crippen molar-refractivity contribution in [3.8, 4) is 29.0 Å². The van der Waals surface area contributed by atoms with Gasteiger partial charge in [0.2, 0.25) is 5.88 Å². The van der Waals surface area contributed by atoms with E-state index in [1.165, 1.54) is 12.1 Å². The van der Waals surface area contributed by atoms with E-state index in [1.807, 2.05) is 29.7 Å². The Morgan fingerprint density at radius 2 is 1.86 bits per heavy atom. The fourth-order valence-corrected chi connectivity index (χ4v) is 5.88. The van der Waals surface area contributed by atoms with E-state index in [1.54, 1.807) is 30.3 Å². The Bertz CT molecular complexity index is 1930. The van der Waals surface area contributed by atoms with Gasteiger partial charge >= 0.3 is 0 Å². The molecule has 2 aliphatic rings. The normalized spacial score (nSPS) is 16.2. The summed E-state index contributed by atoms with van der Waals surface area (Å²) in [6.07, 6.45) is 2.51. The largest absolute Gasteiger partial charge is 0.493 e. The van der Waals surface area contributed by atoms with E-state index in [0.717, 1.165) is 23.1 Å². The average molecular weight is 593 g/mol. The fraction of sp³-hybridized carbons (Fsp3) is 0.286. The van der Waals surface area contributed by atoms with E-state index in [0.29, 0.717) is 78.0 Å². The highest BCUT2D eigenvalue weighted by Gasteiger charge is 2.24. The quantitative estimate of drug-likeness (QED) is 0.227. The van der Waals surface area contributed by atoms with Crippen molar-refractivity contribution in [1.82, 2.24) is 14.5 Å². The van der Waals surface area contributed by atoms with E-state index in [2.05, 4.69) is 11.1 Å². The van der Waals surface area contributed by atoms with Gasteiger partial charge in [-0.3, -0.25) is 0 Å². The summed E-state index contributed by atoms with van der Waals surface area (Å²) in [7, 11) is 0. The van der Waals surface area contributed by atoms with Crippen LogP contribution in [0.4, 0.5) is 8.78 Å². The summed E-state index contributed by atoms with van der Waals surface area (Å²) in [5.74, 6) is 0.642. The molecule has 3 aromatic carbocycles. The summed E-state index contributed by atoms with van der Waals surface area (Å²) >= 11 is 0. The molecule has 1 atom stereocenters. The molecule has 1 unspecified atom stereocenters. The van der Waals surface area contributed by atoms with Gasteiger partial charge in [0.05, 0.1) is 42.1 Å². The second-order valence-corrected chi connectivity index (χ2v) is 11.3. The SMILES string of the molecule is Cc1cc(F)c2nc(Cc3cc(F)c4cc3OCCCc3cc(C#N)ccc3COc3cccc-4n3)n(CC3CCO3)c2c1. The molecule has 4 heterocycles. The number of hydrogen-bond acceptors (Lipinski definition) is 6. The molecule has 9 heteroatoms. The highest BCUT2D eigenvalue weighted by molar-refractivity contribution is 5.78. The maximum atomic E-state index is 15.8. The first-order valence-corrected chi connectivity index (χ1v) is 14.8. The number of fused-ring (bicyclic) bond motifs is 7. The third-order valence-electron chi connectivity index (χ3n) is 8.27. The van der Waals surface area contributed by atoms with Crippen LogP contribution < -0.4 is 9.47 Å². The number of benzene rings is 3. The number of ether oxygens (including phenoxy) is 3. The van der Waals surface area contributed by atoms with Crippen LogP contribution in [0.3, 0.4) is 0 Å². The van der Waals surface area contributed by atoms with Gasteiger partial charge in [0.25, 0.3) is 0 Å². The van der Waals surface area contributed by atoms with Crippen LogP contribution in [0.15, 0.2) is 60.7 Å². The first-order valence-electron chi connectivity index (χ1n) is 14.8. The highest BCUT2D eigenvalue weighted by Crippen LogP contribution is 2.34. The molecule has 2 aromatic heterocycles. The van der Waals surface area contributed by atoms with E-state index in [-0.39, 0.29) is 30.5 Å². The molecule has 1 saturated heterocycles. The van der Waals surface area contributed by atoms with Gasteiger partial charge in [-0.15, -0.1) is 0 Å². The van der Waals surface area contributed by atoms with E-state index in [9.17, 15) is 5.26 Å². The number of aromatic nitrogens is 3. The minimum atomic E-state index is -0.453. The van der Waals surface area contributed by atoms with Gasteiger partial charge in [-0.25, -0.2) is 18.7 Å². The van der Waals surface area contributed by atoms with Gasteiger partial charge in [-0.1, -0.05) is 12.1 Å². The number of pyridine rings is 1. The topological polar surface area (TPSA) is 82.2 Å². The van der Waals surface area contributed by atoms with Gasteiger partial charge < -0.3 is 18.8 Å². The molecule has 44 heavy (non-hydrogen) atoms. The predicted molar refractivity (Wildman–Crippen MR) is 161 cm³/mol. The van der Waals surface area contributed by atoms with Gasteiger partial charge in [0.15, 0.2) is 5.82 Å². The predicted octanol–water partition coefficient (Wildman–Crippen LogP) is 6.84. The number of imidazole rings is 1. The van der Waals surface area contributed by atoms with E-state index >= 15 is 8.78 Å². The number of rotatable bonds is 4. The van der Waals surface area contributed by atoms with Crippen molar-refractivity contribution in [2.75, 3.05) is 13.2 Å². The summed E-state index contributed by atoms with van der Waals surface area (Å²) in [5, 5.41) is 9.44. The van der Waals surface area contributed by atoms with E-state index < -0.39 is 5.82 Å². The third kappa shape index (κ3) is 5.49. The maximum Gasteiger partial charge on any atom is 0.214 e. The summed E-state index contributed by atoms with van der Waals surface area (Å²) in [6.45, 7) is 3.73. The van der Waals surface area contributed by atoms with Crippen molar-refractivity contribution in [2.24, 2.45) is 0 Å². The Hall–Kier alpha value is -4.81. The van der Waals surface area contributed by atoms with Crippen LogP contribution in [0.25, 0.3) is 22.3 Å². The number of halogens is 2. The van der Waals surface area contributed by atoms with E-state index in [4.69, 9.17) is 19.2 Å². The van der Waals surface area contributed by atoms with Crippen molar-refractivity contribution in [3.05, 3.63) is 106 Å². The Labute approximate surface area is 253 Å². The van der Waals surface area contributed by atoms with Crippen LogP contribution in [0.5, 0.6) is 11.6 Å². The second kappa shape index (κ2) is 11.7. The third-order valence-corrected chi connectivity index (χ3v) is 8.27. The number of aryl methyl sites for hydroxylation is 2. The molecule has 0 amide bonds. The lowest BCUT2D eigenvalue weighted by molar-refractivity contribution is -0.0589. The lowest BCUT2D eigenvalue weighted by atomic mass is 10.0. The molecule has 0 aliphatic carbocycles. The molecule has 1 fully saturated rings. The number of nitrogens with zero attached hydrogens (tertiary/aromatic N) is 4. The summed E-state index contributed by atoms with van der Waals surface area (Å²) in [4.78, 5) is 9.27. The van der Waals surface area contributed by atoms with Crippen molar-refractivity contribution >= 4 is 11.0 Å². The first kappa shape index (κ1) is 28.0. The smallest absolute Gasteiger partial charge is 0.214 e. The summed E-state index contributed by atoms with van der Waals surface area (Å²) in [5.41, 5.74) is 5.63. The molecule has 0 N–H and O–H groups in total. The van der Waals surface area contributed by atoms with Gasteiger partial charge in [-0.2, -0.15) is 5.26 Å². The molecule has 7 nitrogen and oxygen atoms in total. The molecule has 0 radical (unpaired) electrons. The van der Waals surface area contributed by atoms with Gasteiger partial charge in [-0.05, 0) is 85.3 Å². The molecule has 5 aromatic rings. The van der Waals surface area contributed by atoms with Crippen LogP contribution >= 0.6 is 0 Å². The molecule has 4 bridgehead atoms. The van der Waals surface area contributed by atoms with Crippen LogP contribution in [-0.4, -0.2) is 33.9 Å². The second-order valence-electron chi connectivity index (χ2n) is 11.3. The Kier molecular flexibility index (Phi) is 7.44. The molecule has 222 valence electrons.